The van der Waals surface area contributed by atoms with E-state index < -0.39 is 11.9 Å². The number of halogens is 2. The molecule has 0 fully saturated rings. The molecule has 3 rings (SSSR count). The number of para-hydroxylation sites is 2. The molecule has 7 heteroatoms. The molecule has 1 N–H and O–H groups in total. The highest BCUT2D eigenvalue weighted by atomic mass is 35.5. The Kier molecular flexibility index (Phi) is 7.11. The minimum atomic E-state index is -0.585. The van der Waals surface area contributed by atoms with Gasteiger partial charge in [0.1, 0.15) is 24.7 Å². The van der Waals surface area contributed by atoms with Gasteiger partial charge in [-0.05, 0) is 36.4 Å². The summed E-state index contributed by atoms with van der Waals surface area (Å²) in [5.41, 5.74) is 0.933. The quantitative estimate of drug-likeness (QED) is 0.520. The van der Waals surface area contributed by atoms with Crippen LogP contribution in [0.2, 0.25) is 10.0 Å². The van der Waals surface area contributed by atoms with Crippen LogP contribution in [0.25, 0.3) is 0 Å². The maximum absolute atomic E-state index is 12.1. The van der Waals surface area contributed by atoms with E-state index in [1.807, 2.05) is 42.5 Å². The monoisotopic (exact) mass is 429 g/mol. The Labute approximate surface area is 178 Å². The first kappa shape index (κ1) is 20.7. The van der Waals surface area contributed by atoms with Crippen LogP contribution < -0.4 is 10.1 Å². The molecule has 0 radical (unpaired) electrons. The lowest BCUT2D eigenvalue weighted by Gasteiger charge is -2.12. The third kappa shape index (κ3) is 5.98. The normalized spacial score (nSPS) is 10.3. The molecule has 0 atom stereocenters. The average Bonchev–Trinajstić information content (AvgIpc) is 2.72. The van der Waals surface area contributed by atoms with Crippen molar-refractivity contribution < 1.29 is 19.1 Å². The predicted molar refractivity (Wildman–Crippen MR) is 112 cm³/mol. The van der Waals surface area contributed by atoms with Crippen LogP contribution in [0.3, 0.4) is 0 Å². The fraction of sp³-hybridized carbons (Fsp3) is 0.0909. The third-order valence-corrected chi connectivity index (χ3v) is 4.45. The van der Waals surface area contributed by atoms with Crippen molar-refractivity contribution >= 4 is 35.1 Å². The Morgan fingerprint density at radius 1 is 0.897 bits per heavy atom. The van der Waals surface area contributed by atoms with Gasteiger partial charge in [0.25, 0.3) is 5.91 Å². The van der Waals surface area contributed by atoms with Crippen LogP contribution in [0.15, 0.2) is 72.8 Å². The standard InChI is InChI=1S/C22H17Cl2NO4/c23-16-10-11-18(19(24)12-16)22(27)25-13-21(26)28-14-15-6-4-5-9-20(15)29-17-7-2-1-3-8-17/h1-12H,13-14H2,(H,25,27). The van der Waals surface area contributed by atoms with Gasteiger partial charge in [0, 0.05) is 10.6 Å². The van der Waals surface area contributed by atoms with Crippen LogP contribution in [-0.2, 0) is 16.1 Å². The van der Waals surface area contributed by atoms with Gasteiger partial charge in [-0.3, -0.25) is 9.59 Å². The van der Waals surface area contributed by atoms with Crippen LogP contribution in [0.1, 0.15) is 15.9 Å². The second-order valence-electron chi connectivity index (χ2n) is 5.99. The molecule has 5 nitrogen and oxygen atoms in total. The number of hydrogen-bond donors (Lipinski definition) is 1. The van der Waals surface area contributed by atoms with Gasteiger partial charge in [-0.1, -0.05) is 59.6 Å². The summed E-state index contributed by atoms with van der Waals surface area (Å²) in [6.07, 6.45) is 0. The first-order valence-corrected chi connectivity index (χ1v) is 9.48. The molecule has 0 aliphatic carbocycles. The zero-order valence-electron chi connectivity index (χ0n) is 15.2. The van der Waals surface area contributed by atoms with Crippen molar-refractivity contribution in [3.8, 4) is 11.5 Å². The molecule has 0 heterocycles. The largest absolute Gasteiger partial charge is 0.459 e. The number of nitrogens with one attached hydrogen (secondary N) is 1. The average molecular weight is 430 g/mol. The van der Waals surface area contributed by atoms with E-state index in [4.69, 9.17) is 32.7 Å². The maximum atomic E-state index is 12.1. The molecule has 1 amide bonds. The fourth-order valence-electron chi connectivity index (χ4n) is 2.47. The molecule has 3 aromatic rings. The molecule has 0 saturated heterocycles. The molecule has 0 aliphatic rings. The predicted octanol–water partition coefficient (Wildman–Crippen LogP) is 5.26. The van der Waals surface area contributed by atoms with Gasteiger partial charge in [-0.2, -0.15) is 0 Å². The molecule has 3 aromatic carbocycles. The lowest BCUT2D eigenvalue weighted by Crippen LogP contribution is -2.30. The van der Waals surface area contributed by atoms with Crippen molar-refractivity contribution in [1.29, 1.82) is 0 Å². The Hall–Kier alpha value is -3.02. The number of hydrogen-bond acceptors (Lipinski definition) is 4. The van der Waals surface area contributed by atoms with Gasteiger partial charge in [0.05, 0.1) is 10.6 Å². The van der Waals surface area contributed by atoms with Gasteiger partial charge in [0.2, 0.25) is 0 Å². The van der Waals surface area contributed by atoms with Gasteiger partial charge in [-0.15, -0.1) is 0 Å². The number of rotatable bonds is 7. The SMILES string of the molecule is O=C(CNC(=O)c1ccc(Cl)cc1Cl)OCc1ccccc1Oc1ccccc1. The first-order valence-electron chi connectivity index (χ1n) is 8.72. The summed E-state index contributed by atoms with van der Waals surface area (Å²) in [6, 6.07) is 21.0. The van der Waals surface area contributed by atoms with Crippen molar-refractivity contribution in [2.45, 2.75) is 6.61 Å². The van der Waals surface area contributed by atoms with E-state index >= 15 is 0 Å². The van der Waals surface area contributed by atoms with Gasteiger partial charge < -0.3 is 14.8 Å². The fourth-order valence-corrected chi connectivity index (χ4v) is 2.96. The summed E-state index contributed by atoms with van der Waals surface area (Å²) >= 11 is 11.8. The van der Waals surface area contributed by atoms with Crippen molar-refractivity contribution in [3.05, 3.63) is 94.0 Å². The molecule has 0 unspecified atom stereocenters. The second-order valence-corrected chi connectivity index (χ2v) is 6.83. The van der Waals surface area contributed by atoms with E-state index in [1.165, 1.54) is 12.1 Å². The molecular formula is C22H17Cl2NO4. The van der Waals surface area contributed by atoms with Gasteiger partial charge >= 0.3 is 5.97 Å². The minimum absolute atomic E-state index is 0.0133. The topological polar surface area (TPSA) is 64.6 Å². The molecule has 0 bridgehead atoms. The smallest absolute Gasteiger partial charge is 0.325 e. The Morgan fingerprint density at radius 3 is 2.38 bits per heavy atom. The Bertz CT molecular complexity index is 1010. The molecule has 0 aromatic heterocycles. The summed E-state index contributed by atoms with van der Waals surface area (Å²) < 4.78 is 11.1. The van der Waals surface area contributed by atoms with Crippen LogP contribution in [-0.4, -0.2) is 18.4 Å². The van der Waals surface area contributed by atoms with Crippen LogP contribution in [0.5, 0.6) is 11.5 Å². The summed E-state index contributed by atoms with van der Waals surface area (Å²) in [6.45, 7) is -0.279. The van der Waals surface area contributed by atoms with Crippen LogP contribution in [0.4, 0.5) is 0 Å². The third-order valence-electron chi connectivity index (χ3n) is 3.90. The van der Waals surface area contributed by atoms with Crippen molar-refractivity contribution in [1.82, 2.24) is 5.32 Å². The lowest BCUT2D eigenvalue weighted by molar-refractivity contribution is -0.143. The lowest BCUT2D eigenvalue weighted by atomic mass is 10.2. The van der Waals surface area contributed by atoms with E-state index in [-0.39, 0.29) is 23.7 Å². The molecule has 0 spiro atoms. The second kappa shape index (κ2) is 9.96. The zero-order chi connectivity index (χ0) is 20.6. The van der Waals surface area contributed by atoms with Crippen LogP contribution in [0, 0.1) is 0 Å². The number of ether oxygens (including phenoxy) is 2. The number of amides is 1. The van der Waals surface area contributed by atoms with E-state index in [1.54, 1.807) is 18.2 Å². The molecule has 148 valence electrons. The molecule has 29 heavy (non-hydrogen) atoms. The van der Waals surface area contributed by atoms with E-state index in [9.17, 15) is 9.59 Å². The molecular weight excluding hydrogens is 413 g/mol. The first-order chi connectivity index (χ1) is 14.0. The molecule has 0 saturated carbocycles. The maximum Gasteiger partial charge on any atom is 0.325 e. The number of carbonyl (C=O) groups is 2. The van der Waals surface area contributed by atoms with E-state index in [0.29, 0.717) is 22.1 Å². The van der Waals surface area contributed by atoms with Gasteiger partial charge in [-0.25, -0.2) is 0 Å². The number of carbonyl (C=O) groups excluding carboxylic acids is 2. The summed E-state index contributed by atoms with van der Waals surface area (Å²) in [7, 11) is 0. The van der Waals surface area contributed by atoms with Crippen molar-refractivity contribution in [3.63, 3.8) is 0 Å². The van der Waals surface area contributed by atoms with Crippen molar-refractivity contribution in [2.75, 3.05) is 6.54 Å². The highest BCUT2D eigenvalue weighted by Crippen LogP contribution is 2.25. The van der Waals surface area contributed by atoms with Crippen LogP contribution >= 0.6 is 23.2 Å². The zero-order valence-corrected chi connectivity index (χ0v) is 16.7. The number of esters is 1. The molecule has 0 aliphatic heterocycles. The van der Waals surface area contributed by atoms with Crippen molar-refractivity contribution in [2.24, 2.45) is 0 Å². The highest BCUT2D eigenvalue weighted by Gasteiger charge is 2.13. The Balaban J connectivity index is 1.54. The highest BCUT2D eigenvalue weighted by molar-refractivity contribution is 6.36. The summed E-state index contributed by atoms with van der Waals surface area (Å²) in [4.78, 5) is 24.2. The summed E-state index contributed by atoms with van der Waals surface area (Å²) in [5, 5.41) is 3.10. The minimum Gasteiger partial charge on any atom is -0.459 e. The number of benzene rings is 3. The van der Waals surface area contributed by atoms with Gasteiger partial charge in [0.15, 0.2) is 0 Å². The van der Waals surface area contributed by atoms with E-state index in [2.05, 4.69) is 5.32 Å². The Morgan fingerprint density at radius 2 is 1.62 bits per heavy atom. The van der Waals surface area contributed by atoms with E-state index in [0.717, 1.165) is 0 Å². The summed E-state index contributed by atoms with van der Waals surface area (Å²) in [5.74, 6) is 0.191.